The van der Waals surface area contributed by atoms with Gasteiger partial charge in [-0.25, -0.2) is 4.79 Å². The third kappa shape index (κ3) is 6.95. The Morgan fingerprint density at radius 3 is 2.31 bits per heavy atom. The van der Waals surface area contributed by atoms with Gasteiger partial charge in [-0.3, -0.25) is 4.79 Å². The molecule has 6 nitrogen and oxygen atoms in total. The zero-order chi connectivity index (χ0) is 25.4. The Bertz CT molecular complexity index is 1280. The lowest BCUT2D eigenvalue weighted by Gasteiger charge is -2.09. The van der Waals surface area contributed by atoms with Gasteiger partial charge in [0, 0.05) is 5.69 Å². The van der Waals surface area contributed by atoms with Crippen LogP contribution < -0.4 is 10.1 Å². The summed E-state index contributed by atoms with van der Waals surface area (Å²) in [5.74, 6) is -0.727. The number of hydrogen-bond donors (Lipinski definition) is 1. The fourth-order valence-electron chi connectivity index (χ4n) is 2.97. The number of rotatable bonds is 7. The van der Waals surface area contributed by atoms with E-state index < -0.39 is 23.6 Å². The van der Waals surface area contributed by atoms with Gasteiger partial charge in [-0.2, -0.15) is 18.4 Å². The molecule has 0 saturated carbocycles. The zero-order valence-electron chi connectivity index (χ0n) is 18.4. The number of nitrogens with zero attached hydrogens (tertiary/aromatic N) is 1. The van der Waals surface area contributed by atoms with Gasteiger partial charge in [0.2, 0.25) is 0 Å². The maximum atomic E-state index is 12.9. The normalized spacial score (nSPS) is 11.3. The second-order valence-electron chi connectivity index (χ2n) is 7.25. The van der Waals surface area contributed by atoms with E-state index >= 15 is 0 Å². The molecular formula is C26H19F3N2O4. The molecule has 35 heavy (non-hydrogen) atoms. The van der Waals surface area contributed by atoms with Crippen LogP contribution >= 0.6 is 0 Å². The molecule has 1 amide bonds. The van der Waals surface area contributed by atoms with E-state index in [4.69, 9.17) is 4.74 Å². The van der Waals surface area contributed by atoms with Crippen LogP contribution in [0.5, 0.6) is 5.75 Å². The third-order valence-corrected chi connectivity index (χ3v) is 4.78. The summed E-state index contributed by atoms with van der Waals surface area (Å²) in [7, 11) is 1.31. The molecule has 3 aromatic rings. The molecule has 9 heteroatoms. The van der Waals surface area contributed by atoms with E-state index in [2.05, 4.69) is 10.1 Å². The van der Waals surface area contributed by atoms with Crippen molar-refractivity contribution >= 4 is 23.6 Å². The monoisotopic (exact) mass is 480 g/mol. The van der Waals surface area contributed by atoms with Crippen molar-refractivity contribution < 1.29 is 32.2 Å². The second kappa shape index (κ2) is 11.0. The molecule has 0 aliphatic carbocycles. The van der Waals surface area contributed by atoms with Crippen LogP contribution in [0.3, 0.4) is 0 Å². The molecule has 0 aliphatic rings. The van der Waals surface area contributed by atoms with Gasteiger partial charge < -0.3 is 14.8 Å². The van der Waals surface area contributed by atoms with Gasteiger partial charge in [-0.05, 0) is 59.7 Å². The lowest BCUT2D eigenvalue weighted by Crippen LogP contribution is -2.14. The smallest absolute Gasteiger partial charge is 0.416 e. The summed E-state index contributed by atoms with van der Waals surface area (Å²) in [6, 6.07) is 19.2. The van der Waals surface area contributed by atoms with Gasteiger partial charge in [-0.1, -0.05) is 30.3 Å². The van der Waals surface area contributed by atoms with Crippen LogP contribution in [0.25, 0.3) is 6.08 Å². The van der Waals surface area contributed by atoms with Gasteiger partial charge in [-0.15, -0.1) is 0 Å². The summed E-state index contributed by atoms with van der Waals surface area (Å²) in [6.45, 7) is 0.249. The standard InChI is InChI=1S/C26H19F3N2O4/c1-34-25(33)19-9-5-18(6-10-19)16-35-23-11-7-17(8-12-23)13-20(15-30)24(32)31-22-4-2-3-21(14-22)26(27,28)29/h2-14H,16H2,1H3,(H,31,32)/b20-13+. The number of amides is 1. The molecule has 3 rings (SSSR count). The first kappa shape index (κ1) is 25.1. The van der Waals surface area contributed by atoms with Crippen LogP contribution in [0.15, 0.2) is 78.4 Å². The number of nitriles is 1. The van der Waals surface area contributed by atoms with E-state index in [1.54, 1.807) is 54.6 Å². The van der Waals surface area contributed by atoms with E-state index in [9.17, 15) is 28.0 Å². The summed E-state index contributed by atoms with van der Waals surface area (Å²) in [6.07, 6.45) is -3.23. The molecular weight excluding hydrogens is 461 g/mol. The van der Waals surface area contributed by atoms with Gasteiger partial charge in [0.05, 0.1) is 18.2 Å². The fourth-order valence-corrected chi connectivity index (χ4v) is 2.97. The number of benzene rings is 3. The Morgan fingerprint density at radius 1 is 1.03 bits per heavy atom. The highest BCUT2D eigenvalue weighted by Gasteiger charge is 2.30. The average Bonchev–Trinajstić information content (AvgIpc) is 2.86. The Balaban J connectivity index is 1.63. The summed E-state index contributed by atoms with van der Waals surface area (Å²) in [4.78, 5) is 23.9. The number of esters is 1. The van der Waals surface area contributed by atoms with Gasteiger partial charge in [0.1, 0.15) is 24.0 Å². The molecule has 0 atom stereocenters. The van der Waals surface area contributed by atoms with Crippen molar-refractivity contribution in [2.45, 2.75) is 12.8 Å². The molecule has 178 valence electrons. The Labute approximate surface area is 199 Å². The van der Waals surface area contributed by atoms with Crippen LogP contribution in [0.2, 0.25) is 0 Å². The van der Waals surface area contributed by atoms with Crippen LogP contribution in [-0.4, -0.2) is 19.0 Å². The summed E-state index contributed by atoms with van der Waals surface area (Å²) < 4.78 is 48.9. The maximum Gasteiger partial charge on any atom is 0.416 e. The quantitative estimate of drug-likeness (QED) is 0.270. The van der Waals surface area contributed by atoms with Crippen molar-refractivity contribution in [3.05, 3.63) is 101 Å². The summed E-state index contributed by atoms with van der Waals surface area (Å²) >= 11 is 0. The van der Waals surface area contributed by atoms with Crippen molar-refractivity contribution in [2.75, 3.05) is 12.4 Å². The number of halogens is 3. The third-order valence-electron chi connectivity index (χ3n) is 4.78. The molecule has 1 N–H and O–H groups in total. The Hall–Kier alpha value is -4.58. The number of anilines is 1. The topological polar surface area (TPSA) is 88.4 Å². The number of carbonyl (C=O) groups excluding carboxylic acids is 2. The van der Waals surface area contributed by atoms with Crippen molar-refractivity contribution in [1.82, 2.24) is 0 Å². The number of ether oxygens (including phenoxy) is 2. The SMILES string of the molecule is COC(=O)c1ccc(COc2ccc(/C=C(\C#N)C(=O)Nc3cccc(C(F)(F)F)c3)cc2)cc1. The molecule has 0 fully saturated rings. The van der Waals surface area contributed by atoms with Crippen LogP contribution in [0.4, 0.5) is 18.9 Å². The molecule has 0 spiro atoms. The van der Waals surface area contributed by atoms with Crippen molar-refractivity contribution in [2.24, 2.45) is 0 Å². The van der Waals surface area contributed by atoms with E-state index in [1.165, 1.54) is 25.3 Å². The molecule has 0 unspecified atom stereocenters. The van der Waals surface area contributed by atoms with E-state index in [0.29, 0.717) is 16.9 Å². The summed E-state index contributed by atoms with van der Waals surface area (Å²) in [5.41, 5.74) is 0.525. The number of hydrogen-bond acceptors (Lipinski definition) is 5. The van der Waals surface area contributed by atoms with Crippen LogP contribution in [0, 0.1) is 11.3 Å². The molecule has 0 aromatic heterocycles. The molecule has 0 radical (unpaired) electrons. The lowest BCUT2D eigenvalue weighted by molar-refractivity contribution is -0.137. The minimum absolute atomic E-state index is 0.0747. The lowest BCUT2D eigenvalue weighted by atomic mass is 10.1. The molecule has 0 heterocycles. The first-order valence-electron chi connectivity index (χ1n) is 10.2. The first-order valence-corrected chi connectivity index (χ1v) is 10.2. The molecule has 0 bridgehead atoms. The van der Waals surface area contributed by atoms with E-state index in [1.807, 2.05) is 0 Å². The largest absolute Gasteiger partial charge is 0.489 e. The van der Waals surface area contributed by atoms with Crippen LogP contribution in [-0.2, 0) is 22.3 Å². The predicted molar refractivity (Wildman–Crippen MR) is 122 cm³/mol. The van der Waals surface area contributed by atoms with E-state index in [0.717, 1.165) is 17.7 Å². The first-order chi connectivity index (χ1) is 16.7. The van der Waals surface area contributed by atoms with Crippen LogP contribution in [0.1, 0.15) is 27.0 Å². The number of nitrogens with one attached hydrogen (secondary N) is 1. The molecule has 3 aromatic carbocycles. The highest BCUT2D eigenvalue weighted by molar-refractivity contribution is 6.09. The molecule has 0 saturated heterocycles. The van der Waals surface area contributed by atoms with Crippen molar-refractivity contribution in [3.63, 3.8) is 0 Å². The zero-order valence-corrected chi connectivity index (χ0v) is 18.4. The number of carbonyl (C=O) groups is 2. The van der Waals surface area contributed by atoms with Crippen molar-refractivity contribution in [3.8, 4) is 11.8 Å². The maximum absolute atomic E-state index is 12.9. The van der Waals surface area contributed by atoms with Gasteiger partial charge in [0.15, 0.2) is 0 Å². The Kier molecular flexibility index (Phi) is 7.89. The minimum atomic E-state index is -4.55. The second-order valence-corrected chi connectivity index (χ2v) is 7.25. The minimum Gasteiger partial charge on any atom is -0.489 e. The predicted octanol–water partition coefficient (Wildman–Crippen LogP) is 5.62. The summed E-state index contributed by atoms with van der Waals surface area (Å²) in [5, 5.41) is 11.6. The average molecular weight is 480 g/mol. The Morgan fingerprint density at radius 2 is 1.71 bits per heavy atom. The van der Waals surface area contributed by atoms with Gasteiger partial charge >= 0.3 is 12.1 Å². The number of methoxy groups -OCH3 is 1. The fraction of sp³-hybridized carbons (Fsp3) is 0.115. The highest BCUT2D eigenvalue weighted by atomic mass is 19.4. The van der Waals surface area contributed by atoms with E-state index in [-0.39, 0.29) is 17.9 Å². The number of alkyl halides is 3. The highest BCUT2D eigenvalue weighted by Crippen LogP contribution is 2.30. The van der Waals surface area contributed by atoms with Crippen molar-refractivity contribution in [1.29, 1.82) is 5.26 Å². The van der Waals surface area contributed by atoms with Gasteiger partial charge in [0.25, 0.3) is 5.91 Å². The molecule has 0 aliphatic heterocycles.